The predicted molar refractivity (Wildman–Crippen MR) is 41.3 cm³/mol. The maximum Gasteiger partial charge on any atom is 0.146 e. The molecule has 1 aromatic rings. The zero-order valence-corrected chi connectivity index (χ0v) is 6.85. The molecule has 0 aliphatic heterocycles. The van der Waals surface area contributed by atoms with Gasteiger partial charge in [0.25, 0.3) is 0 Å². The summed E-state index contributed by atoms with van der Waals surface area (Å²) >= 11 is 8.89. The summed E-state index contributed by atoms with van der Waals surface area (Å²) in [6.07, 6.45) is 3.15. The number of rotatable bonds is 1. The minimum atomic E-state index is 0.546. The van der Waals surface area contributed by atoms with Gasteiger partial charge in [-0.2, -0.15) is 5.10 Å². The summed E-state index contributed by atoms with van der Waals surface area (Å²) < 4.78 is 2.26. The van der Waals surface area contributed by atoms with Crippen molar-refractivity contribution in [3.05, 3.63) is 22.4 Å². The molecule has 1 heterocycles. The fourth-order valence-corrected chi connectivity index (χ4v) is 0.888. The molecule has 0 radical (unpaired) electrons. The quantitative estimate of drug-likeness (QED) is 0.691. The van der Waals surface area contributed by atoms with Crippen LogP contribution in [0.2, 0.25) is 5.15 Å². The van der Waals surface area contributed by atoms with E-state index < -0.39 is 0 Å². The highest BCUT2D eigenvalue weighted by Gasteiger charge is 2.00. The molecule has 48 valence electrons. The first-order valence-corrected chi connectivity index (χ1v) is 3.44. The number of aromatic nitrogens is 2. The van der Waals surface area contributed by atoms with E-state index in [1.54, 1.807) is 6.20 Å². The van der Waals surface area contributed by atoms with Crippen LogP contribution < -0.4 is 0 Å². The third-order valence-electron chi connectivity index (χ3n) is 0.867. The van der Waals surface area contributed by atoms with E-state index in [1.807, 2.05) is 0 Å². The molecule has 1 rings (SSSR count). The molecule has 1 aromatic heterocycles. The van der Waals surface area contributed by atoms with E-state index in [0.717, 1.165) is 4.47 Å². The van der Waals surface area contributed by atoms with E-state index in [1.165, 1.54) is 10.9 Å². The van der Waals surface area contributed by atoms with Crippen molar-refractivity contribution in [3.63, 3.8) is 0 Å². The second-order valence-corrected chi connectivity index (χ2v) is 2.62. The van der Waals surface area contributed by atoms with E-state index in [0.29, 0.717) is 5.15 Å². The van der Waals surface area contributed by atoms with E-state index in [-0.39, 0.29) is 0 Å². The van der Waals surface area contributed by atoms with Gasteiger partial charge in [-0.25, -0.2) is 4.68 Å². The van der Waals surface area contributed by atoms with Gasteiger partial charge in [0.05, 0.1) is 10.7 Å². The van der Waals surface area contributed by atoms with Gasteiger partial charge in [-0.05, 0) is 15.9 Å². The molecule has 0 aromatic carbocycles. The van der Waals surface area contributed by atoms with Crippen molar-refractivity contribution in [1.29, 1.82) is 0 Å². The molecule has 0 amide bonds. The van der Waals surface area contributed by atoms with Crippen LogP contribution in [-0.2, 0) is 0 Å². The van der Waals surface area contributed by atoms with Crippen molar-refractivity contribution in [2.45, 2.75) is 0 Å². The van der Waals surface area contributed by atoms with Crippen molar-refractivity contribution in [3.8, 4) is 0 Å². The average Bonchev–Trinajstić information content (AvgIpc) is 2.15. The maximum atomic E-state index is 5.69. The molecular weight excluding hydrogens is 203 g/mol. The first-order chi connectivity index (χ1) is 4.25. The molecule has 0 saturated heterocycles. The Balaban J connectivity index is 3.18. The van der Waals surface area contributed by atoms with Crippen molar-refractivity contribution in [2.24, 2.45) is 0 Å². The van der Waals surface area contributed by atoms with Crippen molar-refractivity contribution in [1.82, 2.24) is 9.78 Å². The molecule has 0 unspecified atom stereocenters. The molecule has 0 saturated carbocycles. The molecule has 2 nitrogen and oxygen atoms in total. The summed E-state index contributed by atoms with van der Waals surface area (Å²) in [6, 6.07) is 0. The lowest BCUT2D eigenvalue weighted by Crippen LogP contribution is -1.85. The lowest BCUT2D eigenvalue weighted by Gasteiger charge is -1.89. The van der Waals surface area contributed by atoms with Crippen LogP contribution in [0.25, 0.3) is 6.20 Å². The monoisotopic (exact) mass is 206 g/mol. The van der Waals surface area contributed by atoms with Crippen molar-refractivity contribution >= 4 is 33.7 Å². The number of halogens is 2. The van der Waals surface area contributed by atoms with E-state index in [2.05, 4.69) is 27.6 Å². The normalized spacial score (nSPS) is 9.56. The molecule has 0 bridgehead atoms. The lowest BCUT2D eigenvalue weighted by molar-refractivity contribution is 0.937. The van der Waals surface area contributed by atoms with Gasteiger partial charge in [-0.3, -0.25) is 0 Å². The molecule has 0 aliphatic rings. The molecular formula is C5H4BrClN2. The van der Waals surface area contributed by atoms with Gasteiger partial charge in [-0.15, -0.1) is 0 Å². The van der Waals surface area contributed by atoms with Crippen LogP contribution >= 0.6 is 27.5 Å². The first kappa shape index (κ1) is 6.83. The molecule has 9 heavy (non-hydrogen) atoms. The van der Waals surface area contributed by atoms with Crippen molar-refractivity contribution < 1.29 is 0 Å². The summed E-state index contributed by atoms with van der Waals surface area (Å²) in [5.74, 6) is 0. The number of hydrogen-bond donors (Lipinski definition) is 0. The Kier molecular flexibility index (Phi) is 1.93. The number of hydrogen-bond acceptors (Lipinski definition) is 1. The highest BCUT2D eigenvalue weighted by molar-refractivity contribution is 9.10. The van der Waals surface area contributed by atoms with Gasteiger partial charge in [0.2, 0.25) is 0 Å². The summed E-state index contributed by atoms with van der Waals surface area (Å²) in [4.78, 5) is 0. The molecule has 0 spiro atoms. The molecule has 0 atom stereocenters. The average molecular weight is 207 g/mol. The van der Waals surface area contributed by atoms with Crippen LogP contribution in [0.3, 0.4) is 0 Å². The highest BCUT2D eigenvalue weighted by Crippen LogP contribution is 2.20. The zero-order valence-electron chi connectivity index (χ0n) is 4.51. The summed E-state index contributed by atoms with van der Waals surface area (Å²) in [5, 5.41) is 4.40. The fourth-order valence-electron chi connectivity index (χ4n) is 0.454. The maximum absolute atomic E-state index is 5.69. The third kappa shape index (κ3) is 1.17. The topological polar surface area (TPSA) is 17.8 Å². The number of nitrogens with zero attached hydrogens (tertiary/aromatic N) is 2. The van der Waals surface area contributed by atoms with Gasteiger partial charge in [0.1, 0.15) is 5.15 Å². The van der Waals surface area contributed by atoms with Crippen LogP contribution in [0.1, 0.15) is 0 Å². The first-order valence-electron chi connectivity index (χ1n) is 2.26. The molecule has 0 fully saturated rings. The second-order valence-electron chi connectivity index (χ2n) is 1.41. The lowest BCUT2D eigenvalue weighted by atomic mass is 10.7. The van der Waals surface area contributed by atoms with Gasteiger partial charge in [-0.1, -0.05) is 18.2 Å². The minimum Gasteiger partial charge on any atom is -0.229 e. The minimum absolute atomic E-state index is 0.546. The van der Waals surface area contributed by atoms with Crippen LogP contribution in [0.15, 0.2) is 17.2 Å². The van der Waals surface area contributed by atoms with Crippen LogP contribution in [0.4, 0.5) is 0 Å². The Morgan fingerprint density at radius 1 is 1.89 bits per heavy atom. The Labute approximate surface area is 66.2 Å². The highest BCUT2D eigenvalue weighted by atomic mass is 79.9. The SMILES string of the molecule is C=Cn1ncc(Br)c1Cl. The molecule has 0 aliphatic carbocycles. The van der Waals surface area contributed by atoms with E-state index >= 15 is 0 Å². The van der Waals surface area contributed by atoms with Crippen LogP contribution in [-0.4, -0.2) is 9.78 Å². The van der Waals surface area contributed by atoms with Gasteiger partial charge in [0, 0.05) is 6.20 Å². The predicted octanol–water partition coefficient (Wildman–Crippen LogP) is 2.40. The largest absolute Gasteiger partial charge is 0.229 e. The smallest absolute Gasteiger partial charge is 0.146 e. The second kappa shape index (κ2) is 2.54. The van der Waals surface area contributed by atoms with Gasteiger partial charge in [0.15, 0.2) is 0 Å². The summed E-state index contributed by atoms with van der Waals surface area (Å²) in [7, 11) is 0. The van der Waals surface area contributed by atoms with Crippen LogP contribution in [0, 0.1) is 0 Å². The Morgan fingerprint density at radius 2 is 2.56 bits per heavy atom. The van der Waals surface area contributed by atoms with Gasteiger partial charge < -0.3 is 0 Å². The third-order valence-corrected chi connectivity index (χ3v) is 2.05. The molecule has 0 N–H and O–H groups in total. The van der Waals surface area contributed by atoms with Gasteiger partial charge >= 0.3 is 0 Å². The summed E-state index contributed by atoms with van der Waals surface area (Å²) in [5.41, 5.74) is 0. The van der Waals surface area contributed by atoms with E-state index in [9.17, 15) is 0 Å². The van der Waals surface area contributed by atoms with Crippen LogP contribution in [0.5, 0.6) is 0 Å². The summed E-state index contributed by atoms with van der Waals surface area (Å²) in [6.45, 7) is 3.50. The van der Waals surface area contributed by atoms with Crippen molar-refractivity contribution in [2.75, 3.05) is 0 Å². The standard InChI is InChI=1S/C5H4BrClN2/c1-2-9-5(7)4(6)3-8-9/h2-3H,1H2. The fraction of sp³-hybridized carbons (Fsp3) is 0. The Hall–Kier alpha value is -0.280. The van der Waals surface area contributed by atoms with E-state index in [4.69, 9.17) is 11.6 Å². The molecule has 4 heteroatoms. The Bertz CT molecular complexity index is 231. The Morgan fingerprint density at radius 3 is 2.78 bits per heavy atom. The zero-order chi connectivity index (χ0) is 6.85.